The van der Waals surface area contributed by atoms with E-state index in [-0.39, 0.29) is 0 Å². The predicted molar refractivity (Wildman–Crippen MR) is 91.2 cm³/mol. The summed E-state index contributed by atoms with van der Waals surface area (Å²) < 4.78 is 1.11. The molecule has 0 aliphatic rings. The van der Waals surface area contributed by atoms with Gasteiger partial charge in [0.15, 0.2) is 0 Å². The van der Waals surface area contributed by atoms with Crippen LogP contribution in [0.25, 0.3) is 10.9 Å². The van der Waals surface area contributed by atoms with Crippen LogP contribution in [0.5, 0.6) is 0 Å². The minimum atomic E-state index is 0.847. The summed E-state index contributed by atoms with van der Waals surface area (Å²) in [6, 6.07) is 18.9. The number of hydrogen-bond donors (Lipinski definition) is 1. The van der Waals surface area contributed by atoms with E-state index in [4.69, 9.17) is 0 Å². The van der Waals surface area contributed by atoms with Crippen molar-refractivity contribution in [1.29, 1.82) is 0 Å². The van der Waals surface area contributed by atoms with E-state index in [2.05, 4.69) is 74.8 Å². The van der Waals surface area contributed by atoms with E-state index in [1.54, 1.807) is 0 Å². The van der Waals surface area contributed by atoms with Gasteiger partial charge < -0.3 is 5.32 Å². The third-order valence-corrected chi connectivity index (χ3v) is 4.02. The van der Waals surface area contributed by atoms with Crippen LogP contribution in [0.2, 0.25) is 0 Å². The number of fused-ring (bicyclic) bond motifs is 1. The fourth-order valence-electron chi connectivity index (χ4n) is 2.48. The lowest BCUT2D eigenvalue weighted by molar-refractivity contribution is 0.695. The molecule has 0 aliphatic carbocycles. The van der Waals surface area contributed by atoms with E-state index in [0.717, 1.165) is 28.8 Å². The molecule has 0 unspecified atom stereocenters. The first-order valence-electron chi connectivity index (χ1n) is 7.03. The van der Waals surface area contributed by atoms with Crippen molar-refractivity contribution in [3.63, 3.8) is 0 Å². The molecule has 21 heavy (non-hydrogen) atoms. The first-order chi connectivity index (χ1) is 10.2. The molecule has 0 saturated carbocycles. The van der Waals surface area contributed by atoms with Gasteiger partial charge in [-0.05, 0) is 42.3 Å². The monoisotopic (exact) mass is 340 g/mol. The lowest BCUT2D eigenvalue weighted by Crippen LogP contribution is -2.13. The molecular formula is C18H17BrN2. The van der Waals surface area contributed by atoms with Crippen LogP contribution >= 0.6 is 15.9 Å². The second-order valence-electron chi connectivity index (χ2n) is 5.17. The summed E-state index contributed by atoms with van der Waals surface area (Å²) in [5, 5.41) is 4.74. The lowest BCUT2D eigenvalue weighted by Gasteiger charge is -2.09. The molecule has 1 aromatic heterocycles. The van der Waals surface area contributed by atoms with Gasteiger partial charge in [-0.25, -0.2) is 0 Å². The van der Waals surface area contributed by atoms with Gasteiger partial charge in [-0.3, -0.25) is 4.98 Å². The molecular weight excluding hydrogens is 324 g/mol. The Hall–Kier alpha value is -1.71. The van der Waals surface area contributed by atoms with Crippen LogP contribution in [0.15, 0.2) is 59.1 Å². The number of rotatable bonds is 4. The quantitative estimate of drug-likeness (QED) is 0.750. The highest BCUT2D eigenvalue weighted by Gasteiger charge is 2.03. The molecule has 0 radical (unpaired) electrons. The highest BCUT2D eigenvalue weighted by Crippen LogP contribution is 2.18. The first-order valence-corrected chi connectivity index (χ1v) is 7.82. The number of aryl methyl sites for hydroxylation is 1. The SMILES string of the molecule is Cc1cc(CNCc2ccc(Br)cc2)c2ccccc2n1. The molecule has 3 heteroatoms. The van der Waals surface area contributed by atoms with Gasteiger partial charge in [0, 0.05) is 28.6 Å². The summed E-state index contributed by atoms with van der Waals surface area (Å²) in [5.74, 6) is 0. The van der Waals surface area contributed by atoms with Crippen LogP contribution in [0.3, 0.4) is 0 Å². The Balaban J connectivity index is 1.74. The van der Waals surface area contributed by atoms with Crippen LogP contribution in [-0.4, -0.2) is 4.98 Å². The smallest absolute Gasteiger partial charge is 0.0708 e. The van der Waals surface area contributed by atoms with E-state index in [0.29, 0.717) is 0 Å². The Kier molecular flexibility index (Phi) is 4.32. The molecule has 1 heterocycles. The number of nitrogens with one attached hydrogen (secondary N) is 1. The molecule has 0 atom stereocenters. The maximum absolute atomic E-state index is 4.58. The van der Waals surface area contributed by atoms with Crippen molar-refractivity contribution < 1.29 is 0 Å². The second-order valence-corrected chi connectivity index (χ2v) is 6.09. The topological polar surface area (TPSA) is 24.9 Å². The molecule has 0 amide bonds. The van der Waals surface area contributed by atoms with E-state index < -0.39 is 0 Å². The van der Waals surface area contributed by atoms with Gasteiger partial charge in [-0.15, -0.1) is 0 Å². The van der Waals surface area contributed by atoms with Gasteiger partial charge in [0.05, 0.1) is 5.52 Å². The third kappa shape index (κ3) is 3.49. The Morgan fingerprint density at radius 1 is 1.00 bits per heavy atom. The molecule has 106 valence electrons. The molecule has 3 rings (SSSR count). The summed E-state index contributed by atoms with van der Waals surface area (Å²) in [5.41, 5.74) is 4.72. The fourth-order valence-corrected chi connectivity index (χ4v) is 2.75. The lowest BCUT2D eigenvalue weighted by atomic mass is 10.1. The minimum Gasteiger partial charge on any atom is -0.309 e. The fraction of sp³-hybridized carbons (Fsp3) is 0.167. The van der Waals surface area contributed by atoms with Gasteiger partial charge in [0.1, 0.15) is 0 Å². The van der Waals surface area contributed by atoms with Crippen LogP contribution in [0, 0.1) is 6.92 Å². The zero-order valence-corrected chi connectivity index (χ0v) is 13.5. The zero-order chi connectivity index (χ0) is 14.7. The largest absolute Gasteiger partial charge is 0.309 e. The van der Waals surface area contributed by atoms with Gasteiger partial charge in [-0.1, -0.05) is 46.3 Å². The maximum atomic E-state index is 4.58. The van der Waals surface area contributed by atoms with Crippen molar-refractivity contribution in [2.24, 2.45) is 0 Å². The number of halogens is 1. The molecule has 0 saturated heterocycles. The Labute approximate surface area is 133 Å². The molecule has 2 nitrogen and oxygen atoms in total. The van der Waals surface area contributed by atoms with Crippen LogP contribution in [0.4, 0.5) is 0 Å². The zero-order valence-electron chi connectivity index (χ0n) is 11.9. The number of aromatic nitrogens is 1. The number of pyridine rings is 1. The molecule has 0 fully saturated rings. The van der Waals surface area contributed by atoms with Crippen LogP contribution in [-0.2, 0) is 13.1 Å². The van der Waals surface area contributed by atoms with Crippen molar-refractivity contribution in [2.75, 3.05) is 0 Å². The molecule has 1 N–H and O–H groups in total. The first kappa shape index (κ1) is 14.2. The normalized spacial score (nSPS) is 11.0. The number of para-hydroxylation sites is 1. The molecule has 0 spiro atoms. The Bertz CT molecular complexity index is 751. The van der Waals surface area contributed by atoms with Gasteiger partial charge >= 0.3 is 0 Å². The molecule has 3 aromatic rings. The Morgan fingerprint density at radius 2 is 1.76 bits per heavy atom. The third-order valence-electron chi connectivity index (χ3n) is 3.49. The second kappa shape index (κ2) is 6.37. The number of hydrogen-bond acceptors (Lipinski definition) is 2. The summed E-state index contributed by atoms with van der Waals surface area (Å²) in [6.45, 7) is 3.76. The highest BCUT2D eigenvalue weighted by atomic mass is 79.9. The van der Waals surface area contributed by atoms with E-state index in [9.17, 15) is 0 Å². The average molecular weight is 341 g/mol. The van der Waals surface area contributed by atoms with Crippen molar-refractivity contribution in [3.8, 4) is 0 Å². The van der Waals surface area contributed by atoms with Crippen LogP contribution in [0.1, 0.15) is 16.8 Å². The minimum absolute atomic E-state index is 0.847. The van der Waals surface area contributed by atoms with E-state index in [1.165, 1.54) is 16.5 Å². The summed E-state index contributed by atoms with van der Waals surface area (Å²) >= 11 is 3.46. The summed E-state index contributed by atoms with van der Waals surface area (Å²) in [4.78, 5) is 4.58. The van der Waals surface area contributed by atoms with Crippen molar-refractivity contribution in [1.82, 2.24) is 10.3 Å². The summed E-state index contributed by atoms with van der Waals surface area (Å²) in [6.07, 6.45) is 0. The molecule has 2 aromatic carbocycles. The summed E-state index contributed by atoms with van der Waals surface area (Å²) in [7, 11) is 0. The average Bonchev–Trinajstić information content (AvgIpc) is 2.49. The van der Waals surface area contributed by atoms with E-state index >= 15 is 0 Å². The van der Waals surface area contributed by atoms with Gasteiger partial charge in [-0.2, -0.15) is 0 Å². The highest BCUT2D eigenvalue weighted by molar-refractivity contribution is 9.10. The van der Waals surface area contributed by atoms with Crippen molar-refractivity contribution in [3.05, 3.63) is 75.9 Å². The van der Waals surface area contributed by atoms with Crippen molar-refractivity contribution in [2.45, 2.75) is 20.0 Å². The van der Waals surface area contributed by atoms with Gasteiger partial charge in [0.2, 0.25) is 0 Å². The van der Waals surface area contributed by atoms with Crippen LogP contribution < -0.4 is 5.32 Å². The Morgan fingerprint density at radius 3 is 2.57 bits per heavy atom. The molecule has 0 aliphatic heterocycles. The predicted octanol–water partition coefficient (Wildman–Crippen LogP) is 4.60. The maximum Gasteiger partial charge on any atom is 0.0708 e. The molecule has 0 bridgehead atoms. The number of benzene rings is 2. The van der Waals surface area contributed by atoms with Gasteiger partial charge in [0.25, 0.3) is 0 Å². The van der Waals surface area contributed by atoms with Crippen molar-refractivity contribution >= 4 is 26.8 Å². The van der Waals surface area contributed by atoms with E-state index in [1.807, 2.05) is 13.0 Å². The number of nitrogens with zero attached hydrogens (tertiary/aromatic N) is 1. The standard InChI is InChI=1S/C18H17BrN2/c1-13-10-15(17-4-2-3-5-18(17)21-13)12-20-11-14-6-8-16(19)9-7-14/h2-10,20H,11-12H2,1H3.